The largest absolute Gasteiger partial charge is 0.373 e. The minimum atomic E-state index is -0.533. The summed E-state index contributed by atoms with van der Waals surface area (Å²) in [6, 6.07) is 5.89. The lowest BCUT2D eigenvalue weighted by molar-refractivity contribution is -0.122. The van der Waals surface area contributed by atoms with Crippen LogP contribution in [0.3, 0.4) is 0 Å². The smallest absolute Gasteiger partial charge is 0.321 e. The molecule has 1 heterocycles. The fourth-order valence-corrected chi connectivity index (χ4v) is 2.82. The van der Waals surface area contributed by atoms with Crippen molar-refractivity contribution >= 4 is 11.9 Å². The minimum Gasteiger partial charge on any atom is -0.373 e. The van der Waals surface area contributed by atoms with Crippen molar-refractivity contribution in [3.8, 4) is 0 Å². The molecule has 6 nitrogen and oxygen atoms in total. The zero-order valence-electron chi connectivity index (χ0n) is 14.3. The third-order valence-corrected chi connectivity index (χ3v) is 4.17. The molecule has 1 aromatic carbocycles. The van der Waals surface area contributed by atoms with E-state index >= 15 is 0 Å². The average Bonchev–Trinajstić information content (AvgIpc) is 2.60. The first-order chi connectivity index (χ1) is 12.0. The molecule has 1 saturated heterocycles. The highest BCUT2D eigenvalue weighted by atomic mass is 19.1. The maximum atomic E-state index is 13.1. The first-order valence-corrected chi connectivity index (χ1v) is 8.25. The molecular formula is C18H24FN3O3. The third-order valence-electron chi connectivity index (χ3n) is 4.17. The number of rotatable bonds is 6. The van der Waals surface area contributed by atoms with Crippen molar-refractivity contribution in [1.29, 1.82) is 0 Å². The van der Waals surface area contributed by atoms with Crippen LogP contribution in [0, 0.1) is 5.82 Å². The molecule has 2 N–H and O–H groups in total. The first kappa shape index (κ1) is 19.1. The lowest BCUT2D eigenvalue weighted by Gasteiger charge is -2.35. The Morgan fingerprint density at radius 1 is 1.40 bits per heavy atom. The van der Waals surface area contributed by atoms with Crippen molar-refractivity contribution in [2.24, 2.45) is 0 Å². The van der Waals surface area contributed by atoms with Gasteiger partial charge in [0, 0.05) is 19.2 Å². The first-order valence-electron chi connectivity index (χ1n) is 8.25. The standard InChI is InChI=1S/C18H24FN3O3/c1-3-9-20-18(24)21-17(23)12-22(2)15-8-10-25-16(11-15)13-4-6-14(19)7-5-13/h3-7,15-16H,1,8-12H2,2H3,(H2,20,21,23,24)/t15-,16-/m1/s1. The number of imide groups is 1. The number of hydrogen-bond acceptors (Lipinski definition) is 4. The number of nitrogens with one attached hydrogen (secondary N) is 2. The highest BCUT2D eigenvalue weighted by Gasteiger charge is 2.27. The quantitative estimate of drug-likeness (QED) is 0.771. The molecule has 1 aliphatic rings. The predicted octanol–water partition coefficient (Wildman–Crippen LogP) is 1.99. The van der Waals surface area contributed by atoms with Crippen LogP contribution in [0.2, 0.25) is 0 Å². The van der Waals surface area contributed by atoms with E-state index in [-0.39, 0.29) is 30.4 Å². The molecule has 2 atom stereocenters. The number of nitrogens with zero attached hydrogens (tertiary/aromatic N) is 1. The van der Waals surface area contributed by atoms with Crippen LogP contribution in [0.5, 0.6) is 0 Å². The van der Waals surface area contributed by atoms with Crippen molar-refractivity contribution < 1.29 is 18.7 Å². The number of carbonyl (C=O) groups is 2. The molecule has 1 fully saturated rings. The van der Waals surface area contributed by atoms with Gasteiger partial charge in [-0.15, -0.1) is 6.58 Å². The Kier molecular flexibility index (Phi) is 7.09. The molecule has 7 heteroatoms. The molecule has 0 saturated carbocycles. The van der Waals surface area contributed by atoms with E-state index in [9.17, 15) is 14.0 Å². The Morgan fingerprint density at radius 3 is 2.80 bits per heavy atom. The van der Waals surface area contributed by atoms with Crippen molar-refractivity contribution in [2.75, 3.05) is 26.7 Å². The van der Waals surface area contributed by atoms with Gasteiger partial charge in [0.2, 0.25) is 5.91 Å². The SMILES string of the molecule is C=CCNC(=O)NC(=O)CN(C)[C@@H]1CCO[C@@H](c2ccc(F)cc2)C1. The number of urea groups is 1. The Balaban J connectivity index is 1.85. The fraction of sp³-hybridized carbons (Fsp3) is 0.444. The second-order valence-electron chi connectivity index (χ2n) is 6.05. The summed E-state index contributed by atoms with van der Waals surface area (Å²) in [7, 11) is 1.85. The highest BCUT2D eigenvalue weighted by Crippen LogP contribution is 2.30. The normalized spacial score (nSPS) is 20.1. The molecule has 0 unspecified atom stereocenters. The van der Waals surface area contributed by atoms with Gasteiger partial charge >= 0.3 is 6.03 Å². The molecule has 1 aliphatic heterocycles. The Labute approximate surface area is 147 Å². The van der Waals surface area contributed by atoms with E-state index in [4.69, 9.17) is 4.74 Å². The van der Waals surface area contributed by atoms with E-state index in [2.05, 4.69) is 17.2 Å². The molecule has 0 bridgehead atoms. The molecule has 136 valence electrons. The molecule has 0 aromatic heterocycles. The number of likely N-dealkylation sites (N-methyl/N-ethyl adjacent to an activating group) is 1. The van der Waals surface area contributed by atoms with Gasteiger partial charge < -0.3 is 10.1 Å². The summed E-state index contributed by atoms with van der Waals surface area (Å²) < 4.78 is 18.8. The van der Waals surface area contributed by atoms with Gasteiger partial charge in [-0.05, 0) is 37.6 Å². The number of benzene rings is 1. The van der Waals surface area contributed by atoms with Crippen molar-refractivity contribution in [2.45, 2.75) is 25.0 Å². The van der Waals surface area contributed by atoms with E-state index in [0.29, 0.717) is 19.6 Å². The predicted molar refractivity (Wildman–Crippen MR) is 92.5 cm³/mol. The lowest BCUT2D eigenvalue weighted by atomic mass is 9.96. The molecule has 25 heavy (non-hydrogen) atoms. The van der Waals surface area contributed by atoms with Gasteiger partial charge in [0.25, 0.3) is 0 Å². The number of carbonyl (C=O) groups excluding carboxylic acids is 2. The summed E-state index contributed by atoms with van der Waals surface area (Å²) in [5, 5.41) is 4.77. The Hall–Kier alpha value is -2.25. The van der Waals surface area contributed by atoms with Crippen LogP contribution in [0.15, 0.2) is 36.9 Å². The maximum absolute atomic E-state index is 13.1. The van der Waals surface area contributed by atoms with E-state index in [0.717, 1.165) is 12.0 Å². The van der Waals surface area contributed by atoms with Crippen LogP contribution in [-0.2, 0) is 9.53 Å². The van der Waals surface area contributed by atoms with E-state index < -0.39 is 6.03 Å². The van der Waals surface area contributed by atoms with Gasteiger partial charge in [-0.25, -0.2) is 9.18 Å². The number of ether oxygens (including phenoxy) is 1. The summed E-state index contributed by atoms with van der Waals surface area (Å²) in [5.41, 5.74) is 0.924. The summed E-state index contributed by atoms with van der Waals surface area (Å²) >= 11 is 0. The van der Waals surface area contributed by atoms with E-state index in [1.165, 1.54) is 18.2 Å². The Bertz CT molecular complexity index is 606. The van der Waals surface area contributed by atoms with E-state index in [1.807, 2.05) is 11.9 Å². The van der Waals surface area contributed by atoms with Gasteiger partial charge in [-0.3, -0.25) is 15.0 Å². The topological polar surface area (TPSA) is 70.7 Å². The Morgan fingerprint density at radius 2 is 2.12 bits per heavy atom. The van der Waals surface area contributed by atoms with Gasteiger partial charge in [-0.2, -0.15) is 0 Å². The molecular weight excluding hydrogens is 325 g/mol. The van der Waals surface area contributed by atoms with Crippen LogP contribution in [0.1, 0.15) is 24.5 Å². The molecule has 3 amide bonds. The summed E-state index contributed by atoms with van der Waals surface area (Å²) in [6.45, 7) is 4.47. The third kappa shape index (κ3) is 5.95. The van der Waals surface area contributed by atoms with Crippen LogP contribution in [0.4, 0.5) is 9.18 Å². The second kappa shape index (κ2) is 9.29. The van der Waals surface area contributed by atoms with Gasteiger partial charge in [0.15, 0.2) is 0 Å². The number of amides is 3. The zero-order valence-corrected chi connectivity index (χ0v) is 14.3. The van der Waals surface area contributed by atoms with Crippen molar-refractivity contribution in [3.05, 3.63) is 48.3 Å². The number of hydrogen-bond donors (Lipinski definition) is 2. The molecule has 2 rings (SSSR count). The highest BCUT2D eigenvalue weighted by molar-refractivity contribution is 5.95. The molecule has 1 aromatic rings. The molecule has 0 aliphatic carbocycles. The lowest BCUT2D eigenvalue weighted by Crippen LogP contribution is -2.47. The molecule has 0 spiro atoms. The zero-order chi connectivity index (χ0) is 18.2. The molecule has 0 radical (unpaired) electrons. The van der Waals surface area contributed by atoms with E-state index in [1.54, 1.807) is 12.1 Å². The average molecular weight is 349 g/mol. The second-order valence-corrected chi connectivity index (χ2v) is 6.05. The summed E-state index contributed by atoms with van der Waals surface area (Å²) in [4.78, 5) is 25.3. The van der Waals surface area contributed by atoms with Crippen molar-refractivity contribution in [1.82, 2.24) is 15.5 Å². The fourth-order valence-electron chi connectivity index (χ4n) is 2.82. The van der Waals surface area contributed by atoms with Crippen LogP contribution in [-0.4, -0.2) is 49.6 Å². The number of halogens is 1. The van der Waals surface area contributed by atoms with Crippen LogP contribution in [0.25, 0.3) is 0 Å². The monoisotopic (exact) mass is 349 g/mol. The van der Waals surface area contributed by atoms with Gasteiger partial charge in [0.1, 0.15) is 5.82 Å². The minimum absolute atomic E-state index is 0.113. The van der Waals surface area contributed by atoms with Crippen LogP contribution >= 0.6 is 0 Å². The van der Waals surface area contributed by atoms with Crippen molar-refractivity contribution in [3.63, 3.8) is 0 Å². The summed E-state index contributed by atoms with van der Waals surface area (Å²) in [6.07, 6.45) is 2.91. The van der Waals surface area contributed by atoms with Gasteiger partial charge in [0.05, 0.1) is 12.6 Å². The van der Waals surface area contributed by atoms with Crippen LogP contribution < -0.4 is 10.6 Å². The maximum Gasteiger partial charge on any atom is 0.321 e. The van der Waals surface area contributed by atoms with Gasteiger partial charge in [-0.1, -0.05) is 18.2 Å². The summed E-state index contributed by atoms with van der Waals surface area (Å²) in [5.74, 6) is -0.645.